The monoisotopic (exact) mass is 487 g/mol. The summed E-state index contributed by atoms with van der Waals surface area (Å²) in [5.74, 6) is 1.47. The summed E-state index contributed by atoms with van der Waals surface area (Å²) in [4.78, 5) is 27.2. The van der Waals surface area contributed by atoms with Gasteiger partial charge in [-0.25, -0.2) is 0 Å². The fraction of sp³-hybridized carbons (Fsp3) is 0.400. The first-order chi connectivity index (χ1) is 16.8. The third kappa shape index (κ3) is 4.54. The number of rotatable bonds is 7. The number of nitrogens with one attached hydrogen (secondary N) is 1. The number of methoxy groups -OCH3 is 1. The molecule has 0 bridgehead atoms. The molecule has 2 fully saturated rings. The van der Waals surface area contributed by atoms with E-state index in [0.717, 1.165) is 65.0 Å². The Morgan fingerprint density at radius 3 is 2.34 bits per heavy atom. The lowest BCUT2D eigenvalue weighted by Gasteiger charge is -2.57. The SMILES string of the molecule is COc1ccccc1-c1ccc(Cc2c(C)sc(C)c2C(=O)NC2CC3(C2)CC(C(C)=O)C3)cc1. The summed E-state index contributed by atoms with van der Waals surface area (Å²) in [5.41, 5.74) is 5.65. The number of hydrogen-bond donors (Lipinski definition) is 1. The van der Waals surface area contributed by atoms with Crippen LogP contribution < -0.4 is 10.1 Å². The van der Waals surface area contributed by atoms with Crippen molar-refractivity contribution in [2.45, 2.75) is 58.9 Å². The van der Waals surface area contributed by atoms with Crippen molar-refractivity contribution in [1.29, 1.82) is 0 Å². The van der Waals surface area contributed by atoms with Gasteiger partial charge in [0.2, 0.25) is 0 Å². The van der Waals surface area contributed by atoms with Crippen LogP contribution in [-0.4, -0.2) is 24.8 Å². The Kier molecular flexibility index (Phi) is 6.30. The zero-order chi connectivity index (χ0) is 24.7. The molecular formula is C30H33NO3S. The molecule has 0 radical (unpaired) electrons. The van der Waals surface area contributed by atoms with Crippen LogP contribution in [-0.2, 0) is 11.2 Å². The molecule has 2 aromatic carbocycles. The molecule has 0 atom stereocenters. The van der Waals surface area contributed by atoms with E-state index in [1.54, 1.807) is 25.4 Å². The molecule has 0 aliphatic heterocycles. The van der Waals surface area contributed by atoms with Gasteiger partial charge in [-0.2, -0.15) is 0 Å². The maximum Gasteiger partial charge on any atom is 0.252 e. The zero-order valence-corrected chi connectivity index (χ0v) is 21.8. The number of carbonyl (C=O) groups excluding carboxylic acids is 2. The average molecular weight is 488 g/mol. The molecule has 1 heterocycles. The molecule has 1 aromatic heterocycles. The molecule has 2 saturated carbocycles. The van der Waals surface area contributed by atoms with E-state index >= 15 is 0 Å². The van der Waals surface area contributed by atoms with Crippen molar-refractivity contribution in [1.82, 2.24) is 5.32 Å². The Hall–Kier alpha value is -2.92. The fourth-order valence-corrected chi connectivity index (χ4v) is 7.16. The molecule has 4 nitrogen and oxygen atoms in total. The molecule has 2 aliphatic carbocycles. The van der Waals surface area contributed by atoms with Gasteiger partial charge >= 0.3 is 0 Å². The predicted molar refractivity (Wildman–Crippen MR) is 141 cm³/mol. The van der Waals surface area contributed by atoms with Crippen LogP contribution in [0.4, 0.5) is 0 Å². The summed E-state index contributed by atoms with van der Waals surface area (Å²) in [6.07, 6.45) is 4.75. The van der Waals surface area contributed by atoms with Crippen LogP contribution in [0, 0.1) is 25.2 Å². The Labute approximate surface area is 211 Å². The summed E-state index contributed by atoms with van der Waals surface area (Å²) in [7, 11) is 1.69. The topological polar surface area (TPSA) is 55.4 Å². The van der Waals surface area contributed by atoms with Gasteiger partial charge in [-0.05, 0) is 81.0 Å². The zero-order valence-electron chi connectivity index (χ0n) is 20.9. The van der Waals surface area contributed by atoms with Crippen molar-refractivity contribution < 1.29 is 14.3 Å². The van der Waals surface area contributed by atoms with Crippen molar-refractivity contribution in [3.8, 4) is 16.9 Å². The maximum absolute atomic E-state index is 13.3. The van der Waals surface area contributed by atoms with Gasteiger partial charge in [-0.1, -0.05) is 42.5 Å². The summed E-state index contributed by atoms with van der Waals surface area (Å²) in [5, 5.41) is 3.29. The molecule has 3 aromatic rings. The minimum Gasteiger partial charge on any atom is -0.496 e. The van der Waals surface area contributed by atoms with Crippen LogP contribution >= 0.6 is 11.3 Å². The fourth-order valence-electron chi connectivity index (χ4n) is 6.08. The Morgan fingerprint density at radius 2 is 1.69 bits per heavy atom. The van der Waals surface area contributed by atoms with Gasteiger partial charge in [0.1, 0.15) is 11.5 Å². The number of Topliss-reactive ketones (excluding diaryl/α,β-unsaturated/α-hetero) is 1. The van der Waals surface area contributed by atoms with Crippen LogP contribution in [0.1, 0.15) is 63.8 Å². The number of aryl methyl sites for hydroxylation is 2. The van der Waals surface area contributed by atoms with Crippen molar-refractivity contribution in [3.63, 3.8) is 0 Å². The molecule has 1 spiro atoms. The molecule has 35 heavy (non-hydrogen) atoms. The highest BCUT2D eigenvalue weighted by Gasteiger charge is 2.54. The minimum absolute atomic E-state index is 0.0507. The molecule has 1 N–H and O–H groups in total. The molecule has 0 saturated heterocycles. The second-order valence-corrected chi connectivity index (χ2v) is 11.9. The van der Waals surface area contributed by atoms with E-state index in [-0.39, 0.29) is 17.9 Å². The van der Waals surface area contributed by atoms with Gasteiger partial charge in [0, 0.05) is 27.3 Å². The molecule has 5 heteroatoms. The van der Waals surface area contributed by atoms with E-state index in [2.05, 4.69) is 42.6 Å². The van der Waals surface area contributed by atoms with Crippen molar-refractivity contribution in [2.75, 3.05) is 7.11 Å². The minimum atomic E-state index is 0.0507. The van der Waals surface area contributed by atoms with Crippen LogP contribution in [0.15, 0.2) is 48.5 Å². The lowest BCUT2D eigenvalue weighted by molar-refractivity contribution is -0.134. The van der Waals surface area contributed by atoms with E-state index in [1.165, 1.54) is 10.4 Å². The molecule has 5 rings (SSSR count). The quantitative estimate of drug-likeness (QED) is 0.413. The van der Waals surface area contributed by atoms with Crippen LogP contribution in [0.5, 0.6) is 5.75 Å². The van der Waals surface area contributed by atoms with E-state index in [1.807, 2.05) is 25.1 Å². The van der Waals surface area contributed by atoms with Gasteiger partial charge in [-0.3, -0.25) is 9.59 Å². The number of para-hydroxylation sites is 1. The second-order valence-electron chi connectivity index (χ2n) is 10.4. The van der Waals surface area contributed by atoms with E-state index in [9.17, 15) is 9.59 Å². The summed E-state index contributed by atoms with van der Waals surface area (Å²) >= 11 is 1.71. The summed E-state index contributed by atoms with van der Waals surface area (Å²) < 4.78 is 5.51. The van der Waals surface area contributed by atoms with Gasteiger partial charge < -0.3 is 10.1 Å². The Balaban J connectivity index is 1.27. The smallest absolute Gasteiger partial charge is 0.252 e. The number of amides is 1. The standard InChI is InChI=1S/C30H33NO3S/c1-18(32)23-14-30(15-23)16-24(17-30)31-29(33)28-20(3)35-19(2)26(28)13-21-9-11-22(12-10-21)25-7-5-6-8-27(25)34-4/h5-12,23-24H,13-17H2,1-4H3,(H,31,33). The molecule has 0 unspecified atom stereocenters. The predicted octanol–water partition coefficient (Wildman–Crippen LogP) is 6.51. The summed E-state index contributed by atoms with van der Waals surface area (Å²) in [6.45, 7) is 5.86. The van der Waals surface area contributed by atoms with Gasteiger partial charge in [0.05, 0.1) is 12.7 Å². The highest BCUT2D eigenvalue weighted by Crippen LogP contribution is 2.58. The number of thiophene rings is 1. The van der Waals surface area contributed by atoms with E-state index in [4.69, 9.17) is 4.74 Å². The first-order valence-electron chi connectivity index (χ1n) is 12.4. The second kappa shape index (κ2) is 9.27. The molecule has 182 valence electrons. The van der Waals surface area contributed by atoms with Crippen molar-refractivity contribution in [2.24, 2.45) is 11.3 Å². The lowest BCUT2D eigenvalue weighted by Crippen LogP contribution is -2.57. The Morgan fingerprint density at radius 1 is 1.00 bits per heavy atom. The van der Waals surface area contributed by atoms with Gasteiger partial charge in [0.25, 0.3) is 5.91 Å². The van der Waals surface area contributed by atoms with Crippen molar-refractivity contribution >= 4 is 23.0 Å². The third-order valence-corrected chi connectivity index (χ3v) is 9.06. The Bertz CT molecular complexity index is 1260. The van der Waals surface area contributed by atoms with Gasteiger partial charge in [-0.15, -0.1) is 11.3 Å². The van der Waals surface area contributed by atoms with E-state index < -0.39 is 0 Å². The number of ketones is 1. The summed E-state index contributed by atoms with van der Waals surface area (Å²) in [6, 6.07) is 16.8. The number of hydrogen-bond acceptors (Lipinski definition) is 4. The van der Waals surface area contributed by atoms with Crippen LogP contribution in [0.3, 0.4) is 0 Å². The number of benzene rings is 2. The third-order valence-electron chi connectivity index (χ3n) is 7.99. The van der Waals surface area contributed by atoms with Crippen LogP contribution in [0.2, 0.25) is 0 Å². The highest BCUT2D eigenvalue weighted by atomic mass is 32.1. The highest BCUT2D eigenvalue weighted by molar-refractivity contribution is 7.12. The molecular weight excluding hydrogens is 454 g/mol. The largest absolute Gasteiger partial charge is 0.496 e. The van der Waals surface area contributed by atoms with Gasteiger partial charge in [0.15, 0.2) is 0 Å². The lowest BCUT2D eigenvalue weighted by atomic mass is 9.49. The van der Waals surface area contributed by atoms with E-state index in [0.29, 0.717) is 11.2 Å². The average Bonchev–Trinajstić information content (AvgIpc) is 3.07. The van der Waals surface area contributed by atoms with Crippen molar-refractivity contribution in [3.05, 3.63) is 75.0 Å². The van der Waals surface area contributed by atoms with Crippen LogP contribution in [0.25, 0.3) is 11.1 Å². The normalized spacial score (nSPS) is 22.9. The first-order valence-corrected chi connectivity index (χ1v) is 13.2. The number of ether oxygens (including phenoxy) is 1. The number of carbonyl (C=O) groups is 2. The maximum atomic E-state index is 13.3. The molecule has 2 aliphatic rings. The first kappa shape index (κ1) is 23.8. The molecule has 1 amide bonds.